The molecule has 5 heteroatoms. The van der Waals surface area contributed by atoms with Crippen LogP contribution in [0.1, 0.15) is 11.8 Å². The van der Waals surface area contributed by atoms with Gasteiger partial charge >= 0.3 is 0 Å². The van der Waals surface area contributed by atoms with Crippen LogP contribution in [0.15, 0.2) is 34.2 Å². The fraction of sp³-hybridized carbons (Fsp3) is 0.267. The number of amidine groups is 1. The number of rotatable bonds is 2. The van der Waals surface area contributed by atoms with E-state index in [9.17, 15) is 0 Å². The van der Waals surface area contributed by atoms with E-state index in [-0.39, 0.29) is 0 Å². The minimum atomic E-state index is 0.914. The second-order valence-electron chi connectivity index (χ2n) is 4.84. The standard InChI is InChI=1S/C15H14N2OS2/c1-9-14(17-6-5-16-15(17)19-9)13-8-10-7-11(18-2)3-4-12(10)20-13/h3-4,7-8H,5-6H2,1-2H3. The fourth-order valence-electron chi connectivity index (χ4n) is 2.67. The molecule has 0 N–H and O–H groups in total. The number of benzene rings is 1. The molecular weight excluding hydrogens is 288 g/mol. The van der Waals surface area contributed by atoms with Crippen LogP contribution in [0.5, 0.6) is 5.75 Å². The zero-order valence-corrected chi connectivity index (χ0v) is 13.0. The fourth-order valence-corrected chi connectivity index (χ4v) is 4.93. The van der Waals surface area contributed by atoms with Gasteiger partial charge in [0, 0.05) is 16.1 Å². The Hall–Kier alpha value is -1.46. The van der Waals surface area contributed by atoms with Gasteiger partial charge in [0.2, 0.25) is 0 Å². The molecule has 3 heterocycles. The van der Waals surface area contributed by atoms with Crippen LogP contribution in [0.25, 0.3) is 15.8 Å². The molecule has 102 valence electrons. The van der Waals surface area contributed by atoms with Crippen molar-refractivity contribution in [3.63, 3.8) is 0 Å². The highest BCUT2D eigenvalue weighted by atomic mass is 32.2. The van der Waals surface area contributed by atoms with E-state index in [0.29, 0.717) is 0 Å². The molecule has 0 saturated heterocycles. The second-order valence-corrected chi connectivity index (χ2v) is 7.10. The van der Waals surface area contributed by atoms with Crippen molar-refractivity contribution in [1.29, 1.82) is 0 Å². The molecule has 2 aliphatic heterocycles. The van der Waals surface area contributed by atoms with E-state index in [1.165, 1.54) is 25.6 Å². The Balaban J connectivity index is 1.82. The molecule has 0 radical (unpaired) electrons. The first-order valence-corrected chi connectivity index (χ1v) is 8.18. The average molecular weight is 302 g/mol. The molecule has 4 rings (SSSR count). The number of thioether (sulfide) groups is 1. The van der Waals surface area contributed by atoms with E-state index in [2.05, 4.69) is 35.0 Å². The maximum atomic E-state index is 5.31. The third-order valence-corrected chi connectivity index (χ3v) is 5.76. The average Bonchev–Trinajstić information content (AvgIpc) is 3.10. The normalized spacial score (nSPS) is 17.9. The van der Waals surface area contributed by atoms with Gasteiger partial charge in [-0.1, -0.05) is 11.8 Å². The number of methoxy groups -OCH3 is 1. The molecule has 0 aliphatic carbocycles. The van der Waals surface area contributed by atoms with Gasteiger partial charge < -0.3 is 9.64 Å². The van der Waals surface area contributed by atoms with Crippen molar-refractivity contribution in [2.75, 3.05) is 20.2 Å². The second kappa shape index (κ2) is 4.53. The molecule has 0 fully saturated rings. The predicted molar refractivity (Wildman–Crippen MR) is 87.6 cm³/mol. The van der Waals surface area contributed by atoms with E-state index in [1.807, 2.05) is 17.4 Å². The van der Waals surface area contributed by atoms with Gasteiger partial charge in [0.05, 0.1) is 24.2 Å². The molecule has 0 saturated carbocycles. The Morgan fingerprint density at radius 2 is 2.20 bits per heavy atom. The molecule has 2 aromatic rings. The summed E-state index contributed by atoms with van der Waals surface area (Å²) in [4.78, 5) is 9.58. The maximum Gasteiger partial charge on any atom is 0.168 e. The minimum absolute atomic E-state index is 0.914. The summed E-state index contributed by atoms with van der Waals surface area (Å²) in [7, 11) is 1.71. The van der Waals surface area contributed by atoms with Gasteiger partial charge in [0.25, 0.3) is 0 Å². The molecule has 2 aliphatic rings. The molecule has 0 amide bonds. The van der Waals surface area contributed by atoms with Crippen LogP contribution < -0.4 is 4.74 Å². The van der Waals surface area contributed by atoms with E-state index in [1.54, 1.807) is 18.9 Å². The van der Waals surface area contributed by atoms with Gasteiger partial charge in [-0.15, -0.1) is 11.3 Å². The molecule has 1 aromatic heterocycles. The monoisotopic (exact) mass is 302 g/mol. The third kappa shape index (κ3) is 1.77. The Kier molecular flexibility index (Phi) is 2.79. The molecule has 1 aromatic carbocycles. The number of thiophene rings is 1. The first-order chi connectivity index (χ1) is 9.76. The molecule has 0 bridgehead atoms. The topological polar surface area (TPSA) is 24.8 Å². The Morgan fingerprint density at radius 3 is 3.05 bits per heavy atom. The minimum Gasteiger partial charge on any atom is -0.497 e. The number of ether oxygens (including phenoxy) is 1. The number of allylic oxidation sites excluding steroid dienone is 1. The van der Waals surface area contributed by atoms with Gasteiger partial charge in [-0.3, -0.25) is 4.99 Å². The first-order valence-electron chi connectivity index (χ1n) is 6.55. The first kappa shape index (κ1) is 12.3. The summed E-state index contributed by atoms with van der Waals surface area (Å²) >= 11 is 3.64. The summed E-state index contributed by atoms with van der Waals surface area (Å²) in [6.07, 6.45) is 0. The van der Waals surface area contributed by atoms with Gasteiger partial charge in [-0.05, 0) is 36.6 Å². The lowest BCUT2D eigenvalue weighted by molar-refractivity contribution is 0.415. The molecule has 0 spiro atoms. The van der Waals surface area contributed by atoms with E-state index in [0.717, 1.165) is 24.0 Å². The highest BCUT2D eigenvalue weighted by Crippen LogP contribution is 2.44. The molecule has 0 atom stereocenters. The molecule has 0 unspecified atom stereocenters. The van der Waals surface area contributed by atoms with Crippen LogP contribution in [-0.2, 0) is 0 Å². The lowest BCUT2D eigenvalue weighted by Gasteiger charge is -2.15. The quantitative estimate of drug-likeness (QED) is 0.837. The van der Waals surface area contributed by atoms with Gasteiger partial charge in [0.1, 0.15) is 5.75 Å². The third-order valence-electron chi connectivity index (χ3n) is 3.61. The van der Waals surface area contributed by atoms with E-state index >= 15 is 0 Å². The lowest BCUT2D eigenvalue weighted by Crippen LogP contribution is -2.19. The Bertz CT molecular complexity index is 760. The van der Waals surface area contributed by atoms with Crippen LogP contribution in [0.3, 0.4) is 0 Å². The number of nitrogens with zero attached hydrogens (tertiary/aromatic N) is 2. The van der Waals surface area contributed by atoms with Crippen LogP contribution in [-0.4, -0.2) is 30.3 Å². The Morgan fingerprint density at radius 1 is 1.30 bits per heavy atom. The van der Waals surface area contributed by atoms with Crippen molar-refractivity contribution in [1.82, 2.24) is 4.90 Å². The summed E-state index contributed by atoms with van der Waals surface area (Å²) in [5.41, 5.74) is 1.34. The molecule has 20 heavy (non-hydrogen) atoms. The Labute approximate surface area is 125 Å². The number of hydrogen-bond donors (Lipinski definition) is 0. The summed E-state index contributed by atoms with van der Waals surface area (Å²) in [6, 6.07) is 8.53. The van der Waals surface area contributed by atoms with Crippen LogP contribution >= 0.6 is 23.1 Å². The van der Waals surface area contributed by atoms with Gasteiger partial charge in [0.15, 0.2) is 5.17 Å². The molecule has 3 nitrogen and oxygen atoms in total. The van der Waals surface area contributed by atoms with Crippen LogP contribution in [0.4, 0.5) is 0 Å². The molecular formula is C15H14N2OS2. The van der Waals surface area contributed by atoms with E-state index in [4.69, 9.17) is 4.74 Å². The van der Waals surface area contributed by atoms with Gasteiger partial charge in [-0.25, -0.2) is 0 Å². The van der Waals surface area contributed by atoms with Crippen molar-refractivity contribution in [2.24, 2.45) is 4.99 Å². The summed E-state index contributed by atoms with van der Waals surface area (Å²) in [5.74, 6) is 0.914. The summed E-state index contributed by atoms with van der Waals surface area (Å²) in [6.45, 7) is 4.11. The van der Waals surface area contributed by atoms with Crippen molar-refractivity contribution in [3.05, 3.63) is 34.0 Å². The summed E-state index contributed by atoms with van der Waals surface area (Å²) < 4.78 is 6.61. The SMILES string of the molecule is COc1ccc2sc(C3=C(C)SC4=NCCN43)cc2c1. The van der Waals surface area contributed by atoms with E-state index < -0.39 is 0 Å². The van der Waals surface area contributed by atoms with Crippen molar-refractivity contribution in [3.8, 4) is 5.75 Å². The number of aliphatic imine (C=N–C) groups is 1. The highest BCUT2D eigenvalue weighted by molar-refractivity contribution is 8.17. The predicted octanol–water partition coefficient (Wildman–Crippen LogP) is 4.02. The smallest absolute Gasteiger partial charge is 0.168 e. The number of fused-ring (bicyclic) bond motifs is 2. The highest BCUT2D eigenvalue weighted by Gasteiger charge is 2.31. The lowest BCUT2D eigenvalue weighted by atomic mass is 10.2. The van der Waals surface area contributed by atoms with Gasteiger partial charge in [-0.2, -0.15) is 0 Å². The van der Waals surface area contributed by atoms with Crippen molar-refractivity contribution in [2.45, 2.75) is 6.92 Å². The van der Waals surface area contributed by atoms with Crippen molar-refractivity contribution >= 4 is 44.0 Å². The number of hydrogen-bond acceptors (Lipinski definition) is 5. The summed E-state index contributed by atoms with van der Waals surface area (Å²) in [5, 5.41) is 2.41. The largest absolute Gasteiger partial charge is 0.497 e. The zero-order chi connectivity index (χ0) is 13.7. The van der Waals surface area contributed by atoms with Crippen LogP contribution in [0.2, 0.25) is 0 Å². The zero-order valence-electron chi connectivity index (χ0n) is 11.3. The maximum absolute atomic E-state index is 5.31. The van der Waals surface area contributed by atoms with Crippen molar-refractivity contribution < 1.29 is 4.74 Å². The van der Waals surface area contributed by atoms with Crippen LogP contribution in [0, 0.1) is 0 Å².